The van der Waals surface area contributed by atoms with Gasteiger partial charge in [-0.1, -0.05) is 18.9 Å². The zero-order valence-corrected chi connectivity index (χ0v) is 16.3. The van der Waals surface area contributed by atoms with Crippen molar-refractivity contribution in [3.8, 4) is 5.69 Å². The van der Waals surface area contributed by atoms with Crippen LogP contribution in [0.3, 0.4) is 0 Å². The fraction of sp³-hybridized carbons (Fsp3) is 0.263. The number of hydrogen-bond acceptors (Lipinski definition) is 6. The van der Waals surface area contributed by atoms with Gasteiger partial charge in [0.2, 0.25) is 10.0 Å². The molecule has 0 radical (unpaired) electrons. The lowest BCUT2D eigenvalue weighted by Crippen LogP contribution is -2.32. The molecule has 0 saturated heterocycles. The lowest BCUT2D eigenvalue weighted by Gasteiger charge is -2.13. The third-order valence-electron chi connectivity index (χ3n) is 4.82. The summed E-state index contributed by atoms with van der Waals surface area (Å²) in [5.41, 5.74) is 1.59. The summed E-state index contributed by atoms with van der Waals surface area (Å²) in [7, 11) is -3.56. The molecular formula is C19H20N6O3S. The van der Waals surface area contributed by atoms with Crippen molar-refractivity contribution in [2.24, 2.45) is 0 Å². The van der Waals surface area contributed by atoms with Crippen LogP contribution >= 0.6 is 0 Å². The zero-order valence-electron chi connectivity index (χ0n) is 15.5. The first-order valence-corrected chi connectivity index (χ1v) is 10.8. The molecule has 1 aliphatic carbocycles. The minimum absolute atomic E-state index is 0.00634. The molecule has 9 nitrogen and oxygen atoms in total. The summed E-state index contributed by atoms with van der Waals surface area (Å²) < 4.78 is 29.1. The molecule has 0 unspecified atom stereocenters. The smallest absolute Gasteiger partial charge is 0.255 e. The number of anilines is 1. The number of tetrazole rings is 1. The van der Waals surface area contributed by atoms with E-state index in [0.717, 1.165) is 25.7 Å². The normalized spacial score (nSPS) is 14.8. The van der Waals surface area contributed by atoms with Crippen molar-refractivity contribution < 1.29 is 13.2 Å². The number of carbonyl (C=O) groups excluding carboxylic acids is 1. The van der Waals surface area contributed by atoms with Crippen LogP contribution < -0.4 is 10.0 Å². The predicted octanol–water partition coefficient (Wildman–Crippen LogP) is 2.14. The fourth-order valence-electron chi connectivity index (χ4n) is 3.32. The first-order valence-electron chi connectivity index (χ1n) is 9.28. The molecule has 0 aliphatic heterocycles. The molecule has 1 amide bonds. The molecule has 10 heteroatoms. The molecule has 2 N–H and O–H groups in total. The SMILES string of the molecule is O=C(Nc1ccc(S(=O)(=O)NC2CCCC2)cc1)c1cccc(-n2cnnn2)c1. The van der Waals surface area contributed by atoms with Crippen LogP contribution in [-0.4, -0.2) is 40.6 Å². The summed E-state index contributed by atoms with van der Waals surface area (Å²) in [5.74, 6) is -0.320. The summed E-state index contributed by atoms with van der Waals surface area (Å²) in [5, 5.41) is 13.7. The Morgan fingerprint density at radius 3 is 2.52 bits per heavy atom. The van der Waals surface area contributed by atoms with Gasteiger partial charge >= 0.3 is 0 Å². The molecule has 0 atom stereocenters. The summed E-state index contributed by atoms with van der Waals surface area (Å²) in [4.78, 5) is 12.7. The Kier molecular flexibility index (Phi) is 5.36. The Morgan fingerprint density at radius 2 is 1.83 bits per heavy atom. The number of hydrogen-bond donors (Lipinski definition) is 2. The van der Waals surface area contributed by atoms with E-state index in [2.05, 4.69) is 25.6 Å². The van der Waals surface area contributed by atoms with Crippen molar-refractivity contribution in [2.45, 2.75) is 36.6 Å². The second-order valence-corrected chi connectivity index (χ2v) is 8.60. The topological polar surface area (TPSA) is 119 Å². The van der Waals surface area contributed by atoms with E-state index in [1.165, 1.54) is 23.1 Å². The lowest BCUT2D eigenvalue weighted by atomic mass is 10.2. The largest absolute Gasteiger partial charge is 0.322 e. The van der Waals surface area contributed by atoms with E-state index in [0.29, 0.717) is 16.9 Å². The third-order valence-corrected chi connectivity index (χ3v) is 6.36. The Bertz CT molecular complexity index is 1090. The Labute approximate surface area is 168 Å². The van der Waals surface area contributed by atoms with Gasteiger partial charge < -0.3 is 5.32 Å². The van der Waals surface area contributed by atoms with Gasteiger partial charge in [0.1, 0.15) is 6.33 Å². The van der Waals surface area contributed by atoms with E-state index in [1.54, 1.807) is 36.4 Å². The number of rotatable bonds is 6. The summed E-state index contributed by atoms with van der Waals surface area (Å²) in [6.45, 7) is 0. The highest BCUT2D eigenvalue weighted by molar-refractivity contribution is 7.89. The van der Waals surface area contributed by atoms with Crippen LogP contribution in [0.15, 0.2) is 59.8 Å². The van der Waals surface area contributed by atoms with E-state index in [9.17, 15) is 13.2 Å². The van der Waals surface area contributed by atoms with Gasteiger partial charge in [0.15, 0.2) is 0 Å². The quantitative estimate of drug-likeness (QED) is 0.640. The molecule has 1 saturated carbocycles. The van der Waals surface area contributed by atoms with Crippen LogP contribution in [-0.2, 0) is 10.0 Å². The molecule has 3 aromatic rings. The lowest BCUT2D eigenvalue weighted by molar-refractivity contribution is 0.102. The molecule has 1 aromatic heterocycles. The van der Waals surface area contributed by atoms with Crippen LogP contribution in [0.5, 0.6) is 0 Å². The Balaban J connectivity index is 1.45. The highest BCUT2D eigenvalue weighted by Gasteiger charge is 2.22. The van der Waals surface area contributed by atoms with Crippen molar-refractivity contribution in [3.63, 3.8) is 0 Å². The van der Waals surface area contributed by atoms with E-state index in [1.807, 2.05) is 0 Å². The molecule has 0 spiro atoms. The van der Waals surface area contributed by atoms with E-state index >= 15 is 0 Å². The maximum Gasteiger partial charge on any atom is 0.255 e. The molecule has 4 rings (SSSR count). The number of benzene rings is 2. The molecule has 29 heavy (non-hydrogen) atoms. The van der Waals surface area contributed by atoms with Crippen LogP contribution in [0.25, 0.3) is 5.69 Å². The van der Waals surface area contributed by atoms with Crippen molar-refractivity contribution in [1.82, 2.24) is 24.9 Å². The predicted molar refractivity (Wildman–Crippen MR) is 106 cm³/mol. The van der Waals surface area contributed by atoms with Gasteiger partial charge in [0.25, 0.3) is 5.91 Å². The van der Waals surface area contributed by atoms with Gasteiger partial charge in [0, 0.05) is 17.3 Å². The maximum absolute atomic E-state index is 12.5. The highest BCUT2D eigenvalue weighted by atomic mass is 32.2. The van der Waals surface area contributed by atoms with Gasteiger partial charge in [-0.15, -0.1) is 5.10 Å². The molecule has 150 valence electrons. The summed E-state index contributed by atoms with van der Waals surface area (Å²) in [6, 6.07) is 13.0. The Morgan fingerprint density at radius 1 is 1.07 bits per heavy atom. The van der Waals surface area contributed by atoms with Gasteiger partial charge in [-0.05, 0) is 65.7 Å². The van der Waals surface area contributed by atoms with Gasteiger partial charge in [-0.3, -0.25) is 4.79 Å². The number of carbonyl (C=O) groups is 1. The number of nitrogens with zero attached hydrogens (tertiary/aromatic N) is 4. The monoisotopic (exact) mass is 412 g/mol. The molecule has 1 fully saturated rings. The fourth-order valence-corrected chi connectivity index (χ4v) is 4.63. The Hall–Kier alpha value is -3.11. The average Bonchev–Trinajstić information content (AvgIpc) is 3.42. The molecule has 1 heterocycles. The standard InChI is InChI=1S/C19H20N6O3S/c26-19(14-4-3-7-17(12-14)25-13-20-23-24-25)21-15-8-10-18(11-9-15)29(27,28)22-16-5-1-2-6-16/h3-4,7-13,16,22H,1-2,5-6H2,(H,21,26). The highest BCUT2D eigenvalue weighted by Crippen LogP contribution is 2.21. The second kappa shape index (κ2) is 8.10. The van der Waals surface area contributed by atoms with Gasteiger partial charge in [-0.25, -0.2) is 17.8 Å². The minimum Gasteiger partial charge on any atom is -0.322 e. The molecule has 0 bridgehead atoms. The first-order chi connectivity index (χ1) is 14.0. The van der Waals surface area contributed by atoms with Crippen molar-refractivity contribution in [1.29, 1.82) is 0 Å². The maximum atomic E-state index is 12.5. The van der Waals surface area contributed by atoms with Crippen LogP contribution in [0.4, 0.5) is 5.69 Å². The van der Waals surface area contributed by atoms with Crippen LogP contribution in [0, 0.1) is 0 Å². The third kappa shape index (κ3) is 4.49. The average molecular weight is 412 g/mol. The summed E-state index contributed by atoms with van der Waals surface area (Å²) >= 11 is 0. The van der Waals surface area contributed by atoms with Gasteiger partial charge in [-0.2, -0.15) is 0 Å². The summed E-state index contributed by atoms with van der Waals surface area (Å²) in [6.07, 6.45) is 5.28. The first kappa shape index (κ1) is 19.2. The second-order valence-electron chi connectivity index (χ2n) is 6.89. The molecular weight excluding hydrogens is 392 g/mol. The number of amides is 1. The number of nitrogens with one attached hydrogen (secondary N) is 2. The van der Waals surface area contributed by atoms with E-state index in [-0.39, 0.29) is 16.8 Å². The number of sulfonamides is 1. The van der Waals surface area contributed by atoms with Crippen molar-refractivity contribution >= 4 is 21.6 Å². The van der Waals surface area contributed by atoms with Crippen molar-refractivity contribution in [3.05, 3.63) is 60.4 Å². The van der Waals surface area contributed by atoms with Crippen LogP contribution in [0.2, 0.25) is 0 Å². The van der Waals surface area contributed by atoms with E-state index in [4.69, 9.17) is 0 Å². The molecule has 2 aromatic carbocycles. The zero-order chi connectivity index (χ0) is 20.3. The number of aromatic nitrogens is 4. The minimum atomic E-state index is -3.56. The van der Waals surface area contributed by atoms with Crippen LogP contribution in [0.1, 0.15) is 36.0 Å². The van der Waals surface area contributed by atoms with Crippen molar-refractivity contribution in [2.75, 3.05) is 5.32 Å². The van der Waals surface area contributed by atoms with E-state index < -0.39 is 10.0 Å². The van der Waals surface area contributed by atoms with Gasteiger partial charge in [0.05, 0.1) is 10.6 Å². The molecule has 1 aliphatic rings.